The third-order valence-corrected chi connectivity index (χ3v) is 2.59. The molecule has 2 amide bonds. The fraction of sp³-hybridized carbons (Fsp3) is 0.308. The van der Waals surface area contributed by atoms with Gasteiger partial charge in [-0.25, -0.2) is 0 Å². The standard InChI is InChI=1S/C13H17N3O4/c1-2-10(14)13(20)16-9-5-3-8(4-6-9)12(19)15-7-11(17)18/h3-6,10H,2,7,14H2,1H3,(H,15,19)(H,16,20)(H,17,18)/t10-/m0/s1. The summed E-state index contributed by atoms with van der Waals surface area (Å²) < 4.78 is 0. The summed E-state index contributed by atoms with van der Waals surface area (Å²) in [5.41, 5.74) is 6.41. The van der Waals surface area contributed by atoms with E-state index < -0.39 is 24.5 Å². The van der Waals surface area contributed by atoms with Crippen LogP contribution in [0, 0.1) is 0 Å². The molecule has 20 heavy (non-hydrogen) atoms. The molecule has 0 bridgehead atoms. The Morgan fingerprint density at radius 1 is 1.25 bits per heavy atom. The van der Waals surface area contributed by atoms with Gasteiger partial charge in [-0.2, -0.15) is 0 Å². The molecule has 0 aliphatic carbocycles. The van der Waals surface area contributed by atoms with Gasteiger partial charge in [0, 0.05) is 11.3 Å². The second-order valence-electron chi connectivity index (χ2n) is 4.16. The van der Waals surface area contributed by atoms with Gasteiger partial charge in [0.2, 0.25) is 5.91 Å². The highest BCUT2D eigenvalue weighted by atomic mass is 16.4. The summed E-state index contributed by atoms with van der Waals surface area (Å²) in [4.78, 5) is 33.4. The smallest absolute Gasteiger partial charge is 0.322 e. The number of rotatable bonds is 6. The van der Waals surface area contributed by atoms with Crippen LogP contribution in [0.15, 0.2) is 24.3 Å². The van der Waals surface area contributed by atoms with Gasteiger partial charge in [-0.05, 0) is 30.7 Å². The molecule has 0 unspecified atom stereocenters. The van der Waals surface area contributed by atoms with Gasteiger partial charge in [-0.1, -0.05) is 6.92 Å². The average molecular weight is 279 g/mol. The summed E-state index contributed by atoms with van der Waals surface area (Å²) in [5, 5.41) is 13.3. The third-order valence-electron chi connectivity index (χ3n) is 2.59. The first-order chi connectivity index (χ1) is 9.43. The van der Waals surface area contributed by atoms with Crippen LogP contribution >= 0.6 is 0 Å². The Morgan fingerprint density at radius 3 is 2.35 bits per heavy atom. The van der Waals surface area contributed by atoms with Gasteiger partial charge in [0.25, 0.3) is 5.91 Å². The number of nitrogens with one attached hydrogen (secondary N) is 2. The molecule has 1 rings (SSSR count). The Labute approximate surface area is 116 Å². The minimum absolute atomic E-state index is 0.296. The van der Waals surface area contributed by atoms with Crippen molar-refractivity contribution in [3.8, 4) is 0 Å². The van der Waals surface area contributed by atoms with Gasteiger partial charge in [0.1, 0.15) is 6.54 Å². The SMILES string of the molecule is CC[C@H](N)C(=O)Nc1ccc(C(=O)NCC(=O)O)cc1. The molecule has 1 aromatic carbocycles. The van der Waals surface area contributed by atoms with Gasteiger partial charge in [-0.3, -0.25) is 14.4 Å². The summed E-state index contributed by atoms with van der Waals surface area (Å²) in [6, 6.07) is 5.51. The quantitative estimate of drug-likeness (QED) is 0.591. The molecule has 0 saturated carbocycles. The summed E-state index contributed by atoms with van der Waals surface area (Å²) in [5.74, 6) is -1.90. The van der Waals surface area contributed by atoms with Crippen LogP contribution in [-0.4, -0.2) is 35.5 Å². The van der Waals surface area contributed by atoms with E-state index in [1.165, 1.54) is 12.1 Å². The number of carboxylic acids is 1. The van der Waals surface area contributed by atoms with Crippen LogP contribution in [0.2, 0.25) is 0 Å². The Hall–Kier alpha value is -2.41. The van der Waals surface area contributed by atoms with Gasteiger partial charge in [0.15, 0.2) is 0 Å². The fourth-order valence-electron chi connectivity index (χ4n) is 1.38. The Kier molecular flexibility index (Phi) is 5.67. The Morgan fingerprint density at radius 2 is 1.85 bits per heavy atom. The number of aliphatic carboxylic acids is 1. The van der Waals surface area contributed by atoms with Crippen LogP contribution in [0.1, 0.15) is 23.7 Å². The zero-order valence-corrected chi connectivity index (χ0v) is 11.1. The zero-order valence-electron chi connectivity index (χ0n) is 11.1. The van der Waals surface area contributed by atoms with Gasteiger partial charge >= 0.3 is 5.97 Å². The van der Waals surface area contributed by atoms with Crippen molar-refractivity contribution in [2.75, 3.05) is 11.9 Å². The van der Waals surface area contributed by atoms with E-state index in [0.717, 1.165) is 0 Å². The van der Waals surface area contributed by atoms with E-state index in [0.29, 0.717) is 17.7 Å². The van der Waals surface area contributed by atoms with Gasteiger partial charge < -0.3 is 21.5 Å². The lowest BCUT2D eigenvalue weighted by Gasteiger charge is -2.10. The number of benzene rings is 1. The molecule has 0 aromatic heterocycles. The molecular formula is C13H17N3O4. The topological polar surface area (TPSA) is 122 Å². The van der Waals surface area contributed by atoms with Crippen LogP contribution in [0.3, 0.4) is 0 Å². The van der Waals surface area contributed by atoms with E-state index in [2.05, 4.69) is 10.6 Å². The number of carbonyl (C=O) groups is 3. The van der Waals surface area contributed by atoms with Crippen LogP contribution in [-0.2, 0) is 9.59 Å². The Bertz CT molecular complexity index is 499. The number of hydrogen-bond acceptors (Lipinski definition) is 4. The molecule has 108 valence electrons. The lowest BCUT2D eigenvalue weighted by molar-refractivity contribution is -0.135. The molecule has 7 nitrogen and oxygen atoms in total. The predicted octanol–water partition coefficient (Wildman–Crippen LogP) is 0.177. The summed E-state index contributed by atoms with van der Waals surface area (Å²) in [7, 11) is 0. The fourth-order valence-corrected chi connectivity index (χ4v) is 1.38. The maximum absolute atomic E-state index is 11.6. The van der Waals surface area contributed by atoms with Gasteiger partial charge in [-0.15, -0.1) is 0 Å². The monoisotopic (exact) mass is 279 g/mol. The maximum atomic E-state index is 11.6. The van der Waals surface area contributed by atoms with E-state index >= 15 is 0 Å². The van der Waals surface area contributed by atoms with Crippen LogP contribution in [0.5, 0.6) is 0 Å². The number of carbonyl (C=O) groups excluding carboxylic acids is 2. The molecule has 0 fully saturated rings. The van der Waals surface area contributed by atoms with E-state index in [9.17, 15) is 14.4 Å². The predicted molar refractivity (Wildman–Crippen MR) is 73.3 cm³/mol. The third kappa shape index (κ3) is 4.69. The van der Waals surface area contributed by atoms with Crippen molar-refractivity contribution in [3.05, 3.63) is 29.8 Å². The first kappa shape index (κ1) is 15.6. The summed E-state index contributed by atoms with van der Waals surface area (Å²) >= 11 is 0. The average Bonchev–Trinajstić information content (AvgIpc) is 2.44. The Balaban J connectivity index is 2.62. The molecule has 7 heteroatoms. The minimum atomic E-state index is -1.12. The summed E-state index contributed by atoms with van der Waals surface area (Å²) in [6.45, 7) is 1.36. The zero-order chi connectivity index (χ0) is 15.1. The highest BCUT2D eigenvalue weighted by molar-refractivity contribution is 5.97. The number of hydrogen-bond donors (Lipinski definition) is 4. The molecule has 0 heterocycles. The normalized spacial score (nSPS) is 11.5. The maximum Gasteiger partial charge on any atom is 0.322 e. The molecule has 0 aliphatic rings. The van der Waals surface area contributed by atoms with Crippen molar-refractivity contribution in [1.82, 2.24) is 5.32 Å². The van der Waals surface area contributed by atoms with Crippen LogP contribution in [0.4, 0.5) is 5.69 Å². The molecule has 0 spiro atoms. The number of carboxylic acid groups (broad SMARTS) is 1. The highest BCUT2D eigenvalue weighted by Crippen LogP contribution is 2.10. The second kappa shape index (κ2) is 7.25. The molecule has 0 aliphatic heterocycles. The summed E-state index contributed by atoms with van der Waals surface area (Å²) in [6.07, 6.45) is 0.529. The first-order valence-corrected chi connectivity index (χ1v) is 6.10. The van der Waals surface area contributed by atoms with Crippen LogP contribution in [0.25, 0.3) is 0 Å². The molecule has 0 radical (unpaired) electrons. The van der Waals surface area contributed by atoms with E-state index in [4.69, 9.17) is 10.8 Å². The number of amides is 2. The lowest BCUT2D eigenvalue weighted by atomic mass is 10.1. The van der Waals surface area contributed by atoms with Crippen molar-refractivity contribution in [2.24, 2.45) is 5.73 Å². The van der Waals surface area contributed by atoms with Crippen LogP contribution < -0.4 is 16.4 Å². The van der Waals surface area contributed by atoms with Crippen molar-refractivity contribution in [3.63, 3.8) is 0 Å². The molecule has 1 aromatic rings. The van der Waals surface area contributed by atoms with Crippen molar-refractivity contribution in [2.45, 2.75) is 19.4 Å². The van der Waals surface area contributed by atoms with Crippen molar-refractivity contribution in [1.29, 1.82) is 0 Å². The number of nitrogens with two attached hydrogens (primary N) is 1. The molecular weight excluding hydrogens is 262 g/mol. The van der Waals surface area contributed by atoms with Crippen molar-refractivity contribution < 1.29 is 19.5 Å². The van der Waals surface area contributed by atoms with E-state index in [1.807, 2.05) is 0 Å². The van der Waals surface area contributed by atoms with Gasteiger partial charge in [0.05, 0.1) is 6.04 Å². The van der Waals surface area contributed by atoms with E-state index in [1.54, 1.807) is 19.1 Å². The molecule has 5 N–H and O–H groups in total. The largest absolute Gasteiger partial charge is 0.480 e. The highest BCUT2D eigenvalue weighted by Gasteiger charge is 2.11. The minimum Gasteiger partial charge on any atom is -0.480 e. The lowest BCUT2D eigenvalue weighted by Crippen LogP contribution is -2.34. The molecule has 0 saturated heterocycles. The van der Waals surface area contributed by atoms with Crippen molar-refractivity contribution >= 4 is 23.5 Å². The second-order valence-corrected chi connectivity index (χ2v) is 4.16. The number of anilines is 1. The first-order valence-electron chi connectivity index (χ1n) is 6.10. The van der Waals surface area contributed by atoms with E-state index in [-0.39, 0.29) is 5.91 Å². The molecule has 1 atom stereocenters.